The summed E-state index contributed by atoms with van der Waals surface area (Å²) in [4.78, 5) is 16.6. The van der Waals surface area contributed by atoms with Crippen molar-refractivity contribution in [2.24, 2.45) is 10.1 Å². The van der Waals surface area contributed by atoms with Crippen LogP contribution >= 0.6 is 0 Å². The molecule has 0 aliphatic rings. The van der Waals surface area contributed by atoms with Gasteiger partial charge in [-0.05, 0) is 44.5 Å². The van der Waals surface area contributed by atoms with Crippen LogP contribution < -0.4 is 10.7 Å². The molecule has 1 heterocycles. The van der Waals surface area contributed by atoms with Crippen molar-refractivity contribution >= 4 is 18.6 Å². The van der Waals surface area contributed by atoms with Crippen LogP contribution in [0.5, 0.6) is 0 Å². The number of hydrazone groups is 1. The van der Waals surface area contributed by atoms with E-state index in [0.29, 0.717) is 18.7 Å². The maximum absolute atomic E-state index is 14.1. The molecule has 0 bridgehead atoms. The van der Waals surface area contributed by atoms with E-state index in [2.05, 4.69) is 27.1 Å². The molecule has 0 saturated carbocycles. The summed E-state index contributed by atoms with van der Waals surface area (Å²) in [5.41, 5.74) is 1.91. The lowest BCUT2D eigenvalue weighted by Crippen LogP contribution is -2.33. The van der Waals surface area contributed by atoms with E-state index in [1.807, 2.05) is 51.9 Å². The minimum absolute atomic E-state index is 0.142. The molecule has 38 heavy (non-hydrogen) atoms. The number of aromatic nitrogens is 2. The number of allylic oxidation sites excluding steroid dienone is 6. The van der Waals surface area contributed by atoms with Gasteiger partial charge in [-0.2, -0.15) is 10.2 Å². The Morgan fingerprint density at radius 1 is 1.39 bits per heavy atom. The highest BCUT2D eigenvalue weighted by Crippen LogP contribution is 2.19. The molecule has 0 aliphatic heterocycles. The highest BCUT2D eigenvalue weighted by atomic mass is 19.1. The zero-order valence-electron chi connectivity index (χ0n) is 23.4. The molecule has 1 aromatic heterocycles. The summed E-state index contributed by atoms with van der Waals surface area (Å²) in [6.45, 7) is 13.2. The van der Waals surface area contributed by atoms with Crippen molar-refractivity contribution in [3.63, 3.8) is 0 Å². The van der Waals surface area contributed by atoms with Crippen molar-refractivity contribution < 1.29 is 9.13 Å². The molecule has 0 spiro atoms. The Kier molecular flexibility index (Phi) is 15.1. The highest BCUT2D eigenvalue weighted by molar-refractivity contribution is 5.76. The first-order valence-corrected chi connectivity index (χ1v) is 12.7. The number of nitrogens with zero attached hydrogens (tertiary/aromatic N) is 5. The van der Waals surface area contributed by atoms with Crippen molar-refractivity contribution in [1.82, 2.24) is 20.1 Å². The summed E-state index contributed by atoms with van der Waals surface area (Å²) >= 11 is 0. The molecule has 9 nitrogen and oxygen atoms in total. The van der Waals surface area contributed by atoms with Gasteiger partial charge in [0.25, 0.3) is 0 Å². The van der Waals surface area contributed by atoms with Crippen LogP contribution in [0.3, 0.4) is 0 Å². The second-order valence-electron chi connectivity index (χ2n) is 8.71. The predicted octanol–water partition coefficient (Wildman–Crippen LogP) is 4.26. The van der Waals surface area contributed by atoms with Crippen LogP contribution in [0, 0.1) is 5.41 Å². The van der Waals surface area contributed by atoms with E-state index in [0.717, 1.165) is 23.9 Å². The largest absolute Gasteiger partial charge is 0.484 e. The summed E-state index contributed by atoms with van der Waals surface area (Å²) in [7, 11) is 3.56. The minimum Gasteiger partial charge on any atom is -0.484 e. The quantitative estimate of drug-likeness (QED) is 0.136. The molecule has 0 fully saturated rings. The van der Waals surface area contributed by atoms with Gasteiger partial charge in [0.2, 0.25) is 5.43 Å². The number of rotatable bonds is 17. The van der Waals surface area contributed by atoms with Gasteiger partial charge >= 0.3 is 0 Å². The summed E-state index contributed by atoms with van der Waals surface area (Å²) in [6.07, 6.45) is 11.5. The Bertz CT molecular complexity index is 1100. The smallest absolute Gasteiger partial charge is 0.203 e. The van der Waals surface area contributed by atoms with E-state index in [4.69, 9.17) is 10.1 Å². The molecule has 10 heteroatoms. The summed E-state index contributed by atoms with van der Waals surface area (Å²) in [5, 5.41) is 20.8. The van der Waals surface area contributed by atoms with E-state index in [-0.39, 0.29) is 23.7 Å². The van der Waals surface area contributed by atoms with Crippen LogP contribution in [0.2, 0.25) is 0 Å². The fourth-order valence-corrected chi connectivity index (χ4v) is 3.11. The topological polar surface area (TPSA) is 108 Å². The first kappa shape index (κ1) is 32.4. The second kappa shape index (κ2) is 17.7. The van der Waals surface area contributed by atoms with Gasteiger partial charge in [-0.3, -0.25) is 14.5 Å². The highest BCUT2D eigenvalue weighted by Gasteiger charge is 2.20. The van der Waals surface area contributed by atoms with Gasteiger partial charge in [-0.25, -0.2) is 4.39 Å². The number of hydrogen-bond donors (Lipinski definition) is 2. The van der Waals surface area contributed by atoms with Gasteiger partial charge in [0, 0.05) is 50.7 Å². The standard InChI is InChI=1S/C28H42FN7O2/c1-8-27(25(29)20-31-6)38-24(18-30)19-32-14-12-21(3)10-11-22(4)23(5)28-26(37)13-16-36(34-28)17-15-33-35(7)9-2/h10-16,18-19,23,25,27,30-31H,4,8-9,17,20H2,1-3,5-7H3/b11-10-,21-12+,24-19+,30-18?,32-14+,33-15-. The second-order valence-corrected chi connectivity index (χ2v) is 8.71. The average Bonchev–Trinajstić information content (AvgIpc) is 2.91. The van der Waals surface area contributed by atoms with E-state index in [1.165, 1.54) is 12.3 Å². The van der Waals surface area contributed by atoms with Crippen LogP contribution in [0.4, 0.5) is 4.39 Å². The van der Waals surface area contributed by atoms with Gasteiger partial charge in [-0.1, -0.05) is 32.6 Å². The Morgan fingerprint density at radius 2 is 2.13 bits per heavy atom. The summed E-state index contributed by atoms with van der Waals surface area (Å²) < 4.78 is 21.4. The fraction of sp³-hybridized carbons (Fsp3) is 0.464. The zero-order chi connectivity index (χ0) is 28.5. The summed E-state index contributed by atoms with van der Waals surface area (Å²) in [6, 6.07) is 1.51. The van der Waals surface area contributed by atoms with Crippen LogP contribution in [0.1, 0.15) is 45.7 Å². The molecule has 208 valence electrons. The molecule has 0 radical (unpaired) electrons. The fourth-order valence-electron chi connectivity index (χ4n) is 3.11. The third-order valence-electron chi connectivity index (χ3n) is 5.68. The molecule has 0 amide bonds. The van der Waals surface area contributed by atoms with E-state index < -0.39 is 12.3 Å². The Hall–Kier alpha value is -3.66. The van der Waals surface area contributed by atoms with Gasteiger partial charge in [0.05, 0.1) is 19.0 Å². The van der Waals surface area contributed by atoms with Gasteiger partial charge in [-0.15, -0.1) is 0 Å². The van der Waals surface area contributed by atoms with Gasteiger partial charge in [0.15, 0.2) is 5.76 Å². The first-order chi connectivity index (χ1) is 18.2. The van der Waals surface area contributed by atoms with Crippen molar-refractivity contribution in [3.05, 3.63) is 76.1 Å². The van der Waals surface area contributed by atoms with Crippen molar-refractivity contribution in [2.45, 2.75) is 58.9 Å². The monoisotopic (exact) mass is 527 g/mol. The zero-order valence-corrected chi connectivity index (χ0v) is 23.4. The SMILES string of the molecule is C=C(\C=C/C(C)=C/C=N/C=C(\C=N)OC(CC)C(F)CNC)C(C)c1nn(C/C=N\N(C)CC)ccc1=O. The lowest BCUT2D eigenvalue weighted by atomic mass is 9.97. The molecule has 0 aliphatic carbocycles. The minimum atomic E-state index is -1.18. The van der Waals surface area contributed by atoms with E-state index in [9.17, 15) is 9.18 Å². The van der Waals surface area contributed by atoms with Crippen LogP contribution in [-0.2, 0) is 11.3 Å². The number of halogens is 1. The maximum Gasteiger partial charge on any atom is 0.203 e. The molecule has 2 N–H and O–H groups in total. The van der Waals surface area contributed by atoms with Gasteiger partial charge < -0.3 is 20.5 Å². The number of nitrogens with one attached hydrogen (secondary N) is 2. The Balaban J connectivity index is 2.82. The van der Waals surface area contributed by atoms with Crippen molar-refractivity contribution in [1.29, 1.82) is 5.41 Å². The molecule has 3 atom stereocenters. The molecule has 0 saturated heterocycles. The van der Waals surface area contributed by atoms with Crippen molar-refractivity contribution in [3.8, 4) is 0 Å². The van der Waals surface area contributed by atoms with Gasteiger partial charge in [0.1, 0.15) is 18.0 Å². The lowest BCUT2D eigenvalue weighted by Gasteiger charge is -2.21. The molecular formula is C28H42FN7O2. The normalized spacial score (nSPS) is 15.2. The lowest BCUT2D eigenvalue weighted by molar-refractivity contribution is 0.0500. The first-order valence-electron chi connectivity index (χ1n) is 12.7. The number of ether oxygens (including phenoxy) is 1. The van der Waals surface area contributed by atoms with Crippen LogP contribution in [0.25, 0.3) is 0 Å². The summed E-state index contributed by atoms with van der Waals surface area (Å²) in [5.74, 6) is -0.0905. The molecular weight excluding hydrogens is 485 g/mol. The molecule has 1 rings (SSSR count). The Morgan fingerprint density at radius 3 is 2.76 bits per heavy atom. The molecule has 3 unspecified atom stereocenters. The number of aliphatic imine (C=N–C) groups is 1. The van der Waals surface area contributed by atoms with Crippen molar-refractivity contribution in [2.75, 3.05) is 27.2 Å². The number of hydrogen-bond acceptors (Lipinski definition) is 8. The van der Waals surface area contributed by atoms with Crippen LogP contribution in [0.15, 0.2) is 75.1 Å². The molecule has 1 aromatic rings. The third-order valence-corrected chi connectivity index (χ3v) is 5.68. The van der Waals surface area contributed by atoms with E-state index >= 15 is 0 Å². The van der Waals surface area contributed by atoms with E-state index in [1.54, 1.807) is 36.4 Å². The predicted molar refractivity (Wildman–Crippen MR) is 155 cm³/mol. The Labute approximate surface area is 225 Å². The number of alkyl halides is 1. The third kappa shape index (κ3) is 11.6. The average molecular weight is 528 g/mol. The molecule has 0 aromatic carbocycles. The maximum atomic E-state index is 14.1. The van der Waals surface area contributed by atoms with Crippen LogP contribution in [-0.4, -0.2) is 72.9 Å².